The number of aromatic nitrogens is 2. The largest absolute Gasteiger partial charge is 0.496 e. The molecule has 5 heteroatoms. The standard InChI is InChI=1S/C22H23N3O2/c1-15-7-3-5-9-18(15)19-12-23-22(24-19)17-11-21(26)25(14-17)13-16-8-4-6-10-20(16)27-2/h3-10,12,17H,11,13-14H2,1-2H3,(H,23,24). The summed E-state index contributed by atoms with van der Waals surface area (Å²) in [4.78, 5) is 22.4. The molecule has 1 amide bonds. The molecule has 4 rings (SSSR count). The van der Waals surface area contributed by atoms with Crippen LogP contribution in [-0.4, -0.2) is 34.4 Å². The predicted molar refractivity (Wildman–Crippen MR) is 105 cm³/mol. The molecule has 0 spiro atoms. The Kier molecular flexibility index (Phi) is 4.67. The van der Waals surface area contributed by atoms with Gasteiger partial charge in [-0.2, -0.15) is 0 Å². The van der Waals surface area contributed by atoms with Crippen LogP contribution in [0.5, 0.6) is 5.75 Å². The minimum absolute atomic E-state index is 0.0879. The number of rotatable bonds is 5. The van der Waals surface area contributed by atoms with E-state index < -0.39 is 0 Å². The molecule has 27 heavy (non-hydrogen) atoms. The number of H-pyrrole nitrogens is 1. The van der Waals surface area contributed by atoms with Gasteiger partial charge in [0, 0.05) is 36.6 Å². The fraction of sp³-hybridized carbons (Fsp3) is 0.273. The van der Waals surface area contributed by atoms with Crippen molar-refractivity contribution in [3.05, 3.63) is 71.7 Å². The van der Waals surface area contributed by atoms with Crippen LogP contribution in [0.2, 0.25) is 0 Å². The van der Waals surface area contributed by atoms with Gasteiger partial charge in [0.1, 0.15) is 11.6 Å². The molecule has 1 atom stereocenters. The second kappa shape index (κ2) is 7.27. The van der Waals surface area contributed by atoms with Crippen molar-refractivity contribution in [1.29, 1.82) is 0 Å². The van der Waals surface area contributed by atoms with E-state index in [0.717, 1.165) is 28.4 Å². The Morgan fingerprint density at radius 2 is 1.96 bits per heavy atom. The van der Waals surface area contributed by atoms with Crippen LogP contribution in [0.4, 0.5) is 0 Å². The van der Waals surface area contributed by atoms with Gasteiger partial charge in [0.2, 0.25) is 5.91 Å². The van der Waals surface area contributed by atoms with Crippen LogP contribution in [0, 0.1) is 6.92 Å². The summed E-state index contributed by atoms with van der Waals surface area (Å²) in [7, 11) is 1.66. The minimum Gasteiger partial charge on any atom is -0.496 e. The van der Waals surface area contributed by atoms with E-state index in [-0.39, 0.29) is 11.8 Å². The smallest absolute Gasteiger partial charge is 0.223 e. The van der Waals surface area contributed by atoms with E-state index in [1.54, 1.807) is 7.11 Å². The van der Waals surface area contributed by atoms with E-state index >= 15 is 0 Å². The molecule has 1 aliphatic rings. The summed E-state index contributed by atoms with van der Waals surface area (Å²) in [5.41, 5.74) is 4.37. The highest BCUT2D eigenvalue weighted by molar-refractivity contribution is 5.79. The van der Waals surface area contributed by atoms with Gasteiger partial charge in [0.05, 0.1) is 19.0 Å². The zero-order chi connectivity index (χ0) is 18.8. The molecule has 1 saturated heterocycles. The average molecular weight is 361 g/mol. The number of aromatic amines is 1. The number of aryl methyl sites for hydroxylation is 1. The predicted octanol–water partition coefficient (Wildman–Crippen LogP) is 3.91. The van der Waals surface area contributed by atoms with Gasteiger partial charge in [-0.1, -0.05) is 42.5 Å². The minimum atomic E-state index is 0.0879. The highest BCUT2D eigenvalue weighted by Crippen LogP contribution is 2.31. The molecule has 138 valence electrons. The topological polar surface area (TPSA) is 58.2 Å². The van der Waals surface area contributed by atoms with E-state index in [2.05, 4.69) is 29.0 Å². The molecule has 5 nitrogen and oxygen atoms in total. The Hall–Kier alpha value is -3.08. The number of para-hydroxylation sites is 1. The molecular weight excluding hydrogens is 338 g/mol. The number of benzene rings is 2. The van der Waals surface area contributed by atoms with Crippen molar-refractivity contribution in [2.45, 2.75) is 25.8 Å². The summed E-state index contributed by atoms with van der Waals surface area (Å²) in [6.45, 7) is 3.31. The molecule has 1 aliphatic heterocycles. The van der Waals surface area contributed by atoms with Gasteiger partial charge in [0.15, 0.2) is 0 Å². The van der Waals surface area contributed by atoms with Gasteiger partial charge >= 0.3 is 0 Å². The zero-order valence-corrected chi connectivity index (χ0v) is 15.6. The number of imidazole rings is 1. The van der Waals surface area contributed by atoms with E-state index in [1.165, 1.54) is 5.56 Å². The monoisotopic (exact) mass is 361 g/mol. The molecule has 0 saturated carbocycles. The van der Waals surface area contributed by atoms with Crippen molar-refractivity contribution in [2.24, 2.45) is 0 Å². The summed E-state index contributed by atoms with van der Waals surface area (Å²) in [6.07, 6.45) is 2.35. The van der Waals surface area contributed by atoms with Crippen molar-refractivity contribution in [2.75, 3.05) is 13.7 Å². The van der Waals surface area contributed by atoms with Crippen molar-refractivity contribution in [3.63, 3.8) is 0 Å². The van der Waals surface area contributed by atoms with Crippen LogP contribution in [0.15, 0.2) is 54.7 Å². The lowest BCUT2D eigenvalue weighted by atomic mass is 10.1. The van der Waals surface area contributed by atoms with Crippen LogP contribution in [-0.2, 0) is 11.3 Å². The normalized spacial score (nSPS) is 16.7. The molecule has 2 heterocycles. The maximum atomic E-state index is 12.5. The summed E-state index contributed by atoms with van der Waals surface area (Å²) >= 11 is 0. The van der Waals surface area contributed by atoms with Crippen molar-refractivity contribution >= 4 is 5.91 Å². The Morgan fingerprint density at radius 3 is 2.78 bits per heavy atom. The molecule has 0 aliphatic carbocycles. The third kappa shape index (κ3) is 3.45. The van der Waals surface area contributed by atoms with E-state index in [4.69, 9.17) is 4.74 Å². The first-order valence-corrected chi connectivity index (χ1v) is 9.16. The van der Waals surface area contributed by atoms with Gasteiger partial charge in [-0.3, -0.25) is 4.79 Å². The fourth-order valence-corrected chi connectivity index (χ4v) is 3.70. The number of likely N-dealkylation sites (tertiary alicyclic amines) is 1. The van der Waals surface area contributed by atoms with Crippen LogP contribution >= 0.6 is 0 Å². The molecule has 1 fully saturated rings. The van der Waals surface area contributed by atoms with Gasteiger partial charge in [0.25, 0.3) is 0 Å². The lowest BCUT2D eigenvalue weighted by Gasteiger charge is -2.18. The van der Waals surface area contributed by atoms with Crippen molar-refractivity contribution < 1.29 is 9.53 Å². The number of hydrogen-bond acceptors (Lipinski definition) is 3. The summed E-state index contributed by atoms with van der Waals surface area (Å²) in [5, 5.41) is 0. The molecule has 0 radical (unpaired) electrons. The second-order valence-corrected chi connectivity index (χ2v) is 6.98. The number of carbonyl (C=O) groups is 1. The van der Waals surface area contributed by atoms with E-state index in [1.807, 2.05) is 47.5 Å². The molecule has 1 unspecified atom stereocenters. The number of methoxy groups -OCH3 is 1. The zero-order valence-electron chi connectivity index (χ0n) is 15.6. The number of hydrogen-bond donors (Lipinski definition) is 1. The molecule has 1 N–H and O–H groups in total. The molecule has 1 aromatic heterocycles. The van der Waals surface area contributed by atoms with Crippen molar-refractivity contribution in [1.82, 2.24) is 14.9 Å². The Morgan fingerprint density at radius 1 is 1.19 bits per heavy atom. The quantitative estimate of drug-likeness (QED) is 0.750. The lowest BCUT2D eigenvalue weighted by molar-refractivity contribution is -0.128. The molecule has 0 bridgehead atoms. The number of ether oxygens (including phenoxy) is 1. The number of amides is 1. The Labute approximate surface area is 159 Å². The average Bonchev–Trinajstić information content (AvgIpc) is 3.30. The first-order valence-electron chi connectivity index (χ1n) is 9.16. The van der Waals surface area contributed by atoms with E-state index in [9.17, 15) is 4.79 Å². The fourth-order valence-electron chi connectivity index (χ4n) is 3.70. The van der Waals surface area contributed by atoms with Gasteiger partial charge in [-0.05, 0) is 18.6 Å². The van der Waals surface area contributed by atoms with Crippen LogP contribution in [0.3, 0.4) is 0 Å². The third-order valence-electron chi connectivity index (χ3n) is 5.19. The van der Waals surface area contributed by atoms with Crippen LogP contribution in [0.1, 0.15) is 29.3 Å². The van der Waals surface area contributed by atoms with Gasteiger partial charge in [-0.15, -0.1) is 0 Å². The second-order valence-electron chi connectivity index (χ2n) is 6.98. The summed E-state index contributed by atoms with van der Waals surface area (Å²) in [6, 6.07) is 16.1. The maximum absolute atomic E-state index is 12.5. The summed E-state index contributed by atoms with van der Waals surface area (Å²) in [5.74, 6) is 1.93. The first kappa shape index (κ1) is 17.3. The Bertz CT molecular complexity index is 963. The molecule has 3 aromatic rings. The Balaban J connectivity index is 1.51. The number of nitrogens with one attached hydrogen (secondary N) is 1. The highest BCUT2D eigenvalue weighted by Gasteiger charge is 2.32. The van der Waals surface area contributed by atoms with Gasteiger partial charge < -0.3 is 14.6 Å². The number of carbonyl (C=O) groups excluding carboxylic acids is 1. The molecule has 2 aromatic carbocycles. The van der Waals surface area contributed by atoms with Crippen LogP contribution in [0.25, 0.3) is 11.3 Å². The summed E-state index contributed by atoms with van der Waals surface area (Å²) < 4.78 is 5.41. The third-order valence-corrected chi connectivity index (χ3v) is 5.19. The maximum Gasteiger partial charge on any atom is 0.223 e. The number of nitrogens with zero attached hydrogens (tertiary/aromatic N) is 2. The molecular formula is C22H23N3O2. The van der Waals surface area contributed by atoms with E-state index in [0.29, 0.717) is 19.5 Å². The highest BCUT2D eigenvalue weighted by atomic mass is 16.5. The first-order chi connectivity index (χ1) is 13.2. The van der Waals surface area contributed by atoms with Crippen molar-refractivity contribution in [3.8, 4) is 17.0 Å². The SMILES string of the molecule is COc1ccccc1CN1CC(c2ncc(-c3ccccc3C)[nH]2)CC1=O. The van der Waals surface area contributed by atoms with Crippen LogP contribution < -0.4 is 4.74 Å². The van der Waals surface area contributed by atoms with Gasteiger partial charge in [-0.25, -0.2) is 4.98 Å². The lowest BCUT2D eigenvalue weighted by Crippen LogP contribution is -2.24.